The van der Waals surface area contributed by atoms with E-state index in [1.54, 1.807) is 50.6 Å². The van der Waals surface area contributed by atoms with E-state index in [-0.39, 0.29) is 12.4 Å². The number of hydrogen-bond donors (Lipinski definition) is 0. The number of carbonyl (C=O) groups is 2. The monoisotopic (exact) mass is 404 g/mol. The van der Waals surface area contributed by atoms with Gasteiger partial charge in [-0.05, 0) is 48.5 Å². The maximum absolute atomic E-state index is 12.0. The van der Waals surface area contributed by atoms with Crippen LogP contribution in [0.4, 0.5) is 0 Å². The number of hydrogen-bond acceptors (Lipinski definition) is 5. The van der Waals surface area contributed by atoms with Crippen LogP contribution in [0.2, 0.25) is 0 Å². The first-order valence-corrected chi connectivity index (χ1v) is 8.18. The van der Waals surface area contributed by atoms with Gasteiger partial charge in [-0.15, -0.1) is 0 Å². The zero-order valence-corrected chi connectivity index (χ0v) is 15.4. The Labute approximate surface area is 154 Å². The van der Waals surface area contributed by atoms with Gasteiger partial charge in [-0.25, -0.2) is 4.79 Å². The molecule has 0 aromatic heterocycles. The Morgan fingerprint density at radius 3 is 2.40 bits per heavy atom. The summed E-state index contributed by atoms with van der Waals surface area (Å²) in [6.07, 6.45) is 2.83. The SMILES string of the molecule is COc1ccc(C(=O)COC(=O)/C=C/c2cc(Br)ccc2OC)cc1. The minimum atomic E-state index is -0.608. The zero-order valence-electron chi connectivity index (χ0n) is 13.8. The summed E-state index contributed by atoms with van der Waals surface area (Å²) in [4.78, 5) is 23.8. The lowest BCUT2D eigenvalue weighted by molar-refractivity contribution is -0.136. The van der Waals surface area contributed by atoms with Crippen molar-refractivity contribution < 1.29 is 23.8 Å². The normalized spacial score (nSPS) is 10.5. The molecule has 0 radical (unpaired) electrons. The number of esters is 1. The Morgan fingerprint density at radius 1 is 1.04 bits per heavy atom. The summed E-state index contributed by atoms with van der Waals surface area (Å²) in [7, 11) is 3.09. The molecular formula is C19H17BrO5. The molecule has 2 aromatic rings. The number of ether oxygens (including phenoxy) is 3. The maximum Gasteiger partial charge on any atom is 0.331 e. The molecule has 0 N–H and O–H groups in total. The highest BCUT2D eigenvalue weighted by Gasteiger charge is 2.09. The maximum atomic E-state index is 12.0. The second-order valence-electron chi connectivity index (χ2n) is 4.98. The minimum absolute atomic E-state index is 0.288. The Bertz CT molecular complexity index is 781. The first kappa shape index (κ1) is 18.7. The average molecular weight is 405 g/mol. The van der Waals surface area contributed by atoms with E-state index in [0.717, 1.165) is 10.0 Å². The fraction of sp³-hybridized carbons (Fsp3) is 0.158. The molecule has 0 aliphatic rings. The van der Waals surface area contributed by atoms with Crippen molar-refractivity contribution in [2.75, 3.05) is 20.8 Å². The molecule has 0 saturated carbocycles. The number of carbonyl (C=O) groups excluding carboxylic acids is 2. The van der Waals surface area contributed by atoms with Gasteiger partial charge in [0.05, 0.1) is 14.2 Å². The van der Waals surface area contributed by atoms with Crippen molar-refractivity contribution in [3.05, 3.63) is 64.1 Å². The van der Waals surface area contributed by atoms with Crippen LogP contribution in [0.15, 0.2) is 53.0 Å². The van der Waals surface area contributed by atoms with Gasteiger partial charge in [-0.2, -0.15) is 0 Å². The molecule has 0 unspecified atom stereocenters. The van der Waals surface area contributed by atoms with Gasteiger partial charge in [0.15, 0.2) is 12.4 Å². The minimum Gasteiger partial charge on any atom is -0.497 e. The van der Waals surface area contributed by atoms with E-state index in [9.17, 15) is 9.59 Å². The largest absolute Gasteiger partial charge is 0.497 e. The number of Topliss-reactive ketones (excluding diaryl/α,β-unsaturated/α-hetero) is 1. The molecule has 0 aliphatic carbocycles. The van der Waals surface area contributed by atoms with Gasteiger partial charge in [0.1, 0.15) is 11.5 Å². The van der Waals surface area contributed by atoms with E-state index < -0.39 is 5.97 Å². The van der Waals surface area contributed by atoms with Gasteiger partial charge in [0.2, 0.25) is 0 Å². The summed E-state index contributed by atoms with van der Waals surface area (Å²) in [5, 5.41) is 0. The molecule has 0 aliphatic heterocycles. The predicted octanol–water partition coefficient (Wildman–Crippen LogP) is 3.91. The molecule has 2 aromatic carbocycles. The van der Waals surface area contributed by atoms with Crippen molar-refractivity contribution in [3.63, 3.8) is 0 Å². The molecule has 0 atom stereocenters. The Hall–Kier alpha value is -2.60. The van der Waals surface area contributed by atoms with Gasteiger partial charge < -0.3 is 14.2 Å². The molecule has 0 spiro atoms. The molecule has 0 fully saturated rings. The number of halogens is 1. The van der Waals surface area contributed by atoms with Crippen LogP contribution in [0.25, 0.3) is 6.08 Å². The van der Waals surface area contributed by atoms with Crippen LogP contribution in [-0.2, 0) is 9.53 Å². The number of rotatable bonds is 7. The van der Waals surface area contributed by atoms with E-state index in [4.69, 9.17) is 14.2 Å². The van der Waals surface area contributed by atoms with Crippen molar-refractivity contribution in [1.29, 1.82) is 0 Å². The van der Waals surface area contributed by atoms with Crippen LogP contribution in [0.3, 0.4) is 0 Å². The van der Waals surface area contributed by atoms with E-state index in [1.807, 2.05) is 12.1 Å². The van der Waals surface area contributed by atoms with E-state index in [2.05, 4.69) is 15.9 Å². The van der Waals surface area contributed by atoms with Crippen LogP contribution in [0, 0.1) is 0 Å². The van der Waals surface area contributed by atoms with E-state index >= 15 is 0 Å². The second kappa shape index (κ2) is 9.03. The lowest BCUT2D eigenvalue weighted by Crippen LogP contribution is -2.12. The highest BCUT2D eigenvalue weighted by Crippen LogP contribution is 2.24. The number of methoxy groups -OCH3 is 2. The Balaban J connectivity index is 1.93. The second-order valence-corrected chi connectivity index (χ2v) is 5.89. The Morgan fingerprint density at radius 2 is 1.76 bits per heavy atom. The van der Waals surface area contributed by atoms with Gasteiger partial charge in [-0.1, -0.05) is 15.9 Å². The fourth-order valence-corrected chi connectivity index (χ4v) is 2.42. The quantitative estimate of drug-likeness (QED) is 0.397. The van der Waals surface area contributed by atoms with Crippen LogP contribution >= 0.6 is 15.9 Å². The van der Waals surface area contributed by atoms with Crippen molar-refractivity contribution in [2.45, 2.75) is 0 Å². The zero-order chi connectivity index (χ0) is 18.2. The summed E-state index contributed by atoms with van der Waals surface area (Å²) in [6.45, 7) is -0.328. The molecule has 6 heteroatoms. The third-order valence-electron chi connectivity index (χ3n) is 3.35. The molecule has 130 valence electrons. The van der Waals surface area contributed by atoms with Crippen LogP contribution in [0.1, 0.15) is 15.9 Å². The molecule has 0 heterocycles. The Kier molecular flexibility index (Phi) is 6.77. The van der Waals surface area contributed by atoms with Gasteiger partial charge in [0.25, 0.3) is 0 Å². The molecule has 0 bridgehead atoms. The third kappa shape index (κ3) is 5.46. The molecule has 0 amide bonds. The van der Waals surface area contributed by atoms with Gasteiger partial charge in [-0.3, -0.25) is 4.79 Å². The summed E-state index contributed by atoms with van der Waals surface area (Å²) >= 11 is 3.36. The summed E-state index contributed by atoms with van der Waals surface area (Å²) in [5.74, 6) is 0.384. The predicted molar refractivity (Wildman–Crippen MR) is 98.0 cm³/mol. The van der Waals surface area contributed by atoms with Crippen molar-refractivity contribution in [1.82, 2.24) is 0 Å². The lowest BCUT2D eigenvalue weighted by Gasteiger charge is -2.05. The topological polar surface area (TPSA) is 61.8 Å². The number of benzene rings is 2. The van der Waals surface area contributed by atoms with Gasteiger partial charge in [0, 0.05) is 21.7 Å². The molecule has 0 saturated heterocycles. The summed E-state index contributed by atoms with van der Waals surface area (Å²) in [6, 6.07) is 12.0. The van der Waals surface area contributed by atoms with Crippen LogP contribution in [0.5, 0.6) is 11.5 Å². The fourth-order valence-electron chi connectivity index (χ4n) is 2.04. The molecule has 25 heavy (non-hydrogen) atoms. The molecular weight excluding hydrogens is 388 g/mol. The standard InChI is InChI=1S/C19H17BrO5/c1-23-16-7-3-13(4-8-16)17(21)12-25-19(22)10-5-14-11-15(20)6-9-18(14)24-2/h3-11H,12H2,1-2H3/b10-5+. The molecule has 2 rings (SSSR count). The smallest absolute Gasteiger partial charge is 0.331 e. The third-order valence-corrected chi connectivity index (χ3v) is 3.84. The van der Waals surface area contributed by atoms with E-state index in [0.29, 0.717) is 17.1 Å². The van der Waals surface area contributed by atoms with Crippen molar-refractivity contribution in [2.24, 2.45) is 0 Å². The van der Waals surface area contributed by atoms with Crippen molar-refractivity contribution in [3.8, 4) is 11.5 Å². The highest BCUT2D eigenvalue weighted by molar-refractivity contribution is 9.10. The summed E-state index contributed by atoms with van der Waals surface area (Å²) in [5.41, 5.74) is 1.17. The molecule has 5 nitrogen and oxygen atoms in total. The van der Waals surface area contributed by atoms with Crippen LogP contribution in [-0.4, -0.2) is 32.6 Å². The van der Waals surface area contributed by atoms with Gasteiger partial charge >= 0.3 is 5.97 Å². The summed E-state index contributed by atoms with van der Waals surface area (Å²) < 4.78 is 16.1. The lowest BCUT2D eigenvalue weighted by atomic mass is 10.1. The average Bonchev–Trinajstić information content (AvgIpc) is 2.64. The number of ketones is 1. The van der Waals surface area contributed by atoms with E-state index in [1.165, 1.54) is 6.08 Å². The highest BCUT2D eigenvalue weighted by atomic mass is 79.9. The van der Waals surface area contributed by atoms with Crippen molar-refractivity contribution >= 4 is 33.8 Å². The first-order valence-electron chi connectivity index (χ1n) is 7.39. The van der Waals surface area contributed by atoms with Crippen LogP contribution < -0.4 is 9.47 Å². The first-order chi connectivity index (χ1) is 12.0.